The minimum atomic E-state index is -3.59. The molecule has 0 aromatic heterocycles. The lowest BCUT2D eigenvalue weighted by atomic mass is 10.1. The average Bonchev–Trinajstić information content (AvgIpc) is 2.46. The van der Waals surface area contributed by atoms with Gasteiger partial charge in [0.15, 0.2) is 0 Å². The topological polar surface area (TPSA) is 75.7 Å². The molecular formula is C17H26N2O4S. The van der Waals surface area contributed by atoms with Gasteiger partial charge in [0.25, 0.3) is 0 Å². The Morgan fingerprint density at radius 1 is 1.29 bits per heavy atom. The number of carbonyl (C=O) groups excluding carboxylic acids is 1. The van der Waals surface area contributed by atoms with Crippen molar-refractivity contribution in [2.24, 2.45) is 5.92 Å². The zero-order valence-electron chi connectivity index (χ0n) is 14.7. The molecule has 1 saturated heterocycles. The number of carbonyl (C=O) groups is 1. The van der Waals surface area contributed by atoms with Gasteiger partial charge in [-0.1, -0.05) is 13.8 Å². The molecule has 1 fully saturated rings. The molecule has 1 aliphatic heterocycles. The van der Waals surface area contributed by atoms with Crippen LogP contribution >= 0.6 is 0 Å². The molecule has 0 aliphatic carbocycles. The van der Waals surface area contributed by atoms with Crippen molar-refractivity contribution in [2.45, 2.75) is 44.6 Å². The summed E-state index contributed by atoms with van der Waals surface area (Å²) in [5.41, 5.74) is 0.0159. The summed E-state index contributed by atoms with van der Waals surface area (Å²) in [4.78, 5) is 12.0. The van der Waals surface area contributed by atoms with Crippen LogP contribution in [-0.4, -0.2) is 43.9 Å². The minimum Gasteiger partial charge on any atom is -0.378 e. The third-order valence-corrected chi connectivity index (χ3v) is 6.01. The highest BCUT2D eigenvalue weighted by molar-refractivity contribution is 7.89. The van der Waals surface area contributed by atoms with Crippen molar-refractivity contribution in [1.29, 1.82) is 0 Å². The van der Waals surface area contributed by atoms with Gasteiger partial charge in [0.1, 0.15) is 0 Å². The Morgan fingerprint density at radius 3 is 2.46 bits per heavy atom. The highest BCUT2D eigenvalue weighted by Crippen LogP contribution is 2.28. The molecule has 1 amide bonds. The Hall–Kier alpha value is -1.44. The van der Waals surface area contributed by atoms with Crippen LogP contribution in [0.4, 0.5) is 5.69 Å². The molecule has 7 heteroatoms. The van der Waals surface area contributed by atoms with Crippen molar-refractivity contribution in [3.63, 3.8) is 0 Å². The number of amides is 1. The normalized spacial score (nSPS) is 18.5. The Balaban J connectivity index is 2.16. The maximum absolute atomic E-state index is 12.9. The molecule has 1 aromatic rings. The molecule has 0 unspecified atom stereocenters. The number of benzene rings is 1. The van der Waals surface area contributed by atoms with Gasteiger partial charge in [0, 0.05) is 18.7 Å². The fourth-order valence-electron chi connectivity index (χ4n) is 2.71. The summed E-state index contributed by atoms with van der Waals surface area (Å²) in [6.45, 7) is 8.75. The maximum atomic E-state index is 12.9. The van der Waals surface area contributed by atoms with Crippen LogP contribution in [0.5, 0.6) is 0 Å². The minimum absolute atomic E-state index is 0.0741. The van der Waals surface area contributed by atoms with E-state index in [2.05, 4.69) is 5.32 Å². The fraction of sp³-hybridized carbons (Fsp3) is 0.588. The summed E-state index contributed by atoms with van der Waals surface area (Å²) < 4.78 is 32.6. The van der Waals surface area contributed by atoms with Crippen molar-refractivity contribution in [3.8, 4) is 0 Å². The van der Waals surface area contributed by atoms with Crippen molar-refractivity contribution in [3.05, 3.63) is 24.3 Å². The standard InChI is InChI=1S/C17H26N2O4S/c1-13(2)11-16(20)18-14-5-7-15(8-6-14)24(21,22)19-9-10-23-12-17(19,3)4/h5-8,13H,9-12H2,1-4H3,(H,18,20). The third kappa shape index (κ3) is 4.34. The number of nitrogens with zero attached hydrogens (tertiary/aromatic N) is 1. The summed E-state index contributed by atoms with van der Waals surface area (Å²) >= 11 is 0. The van der Waals surface area contributed by atoms with Gasteiger partial charge < -0.3 is 10.1 Å². The molecule has 1 aliphatic rings. The number of morpholine rings is 1. The van der Waals surface area contributed by atoms with Crippen LogP contribution in [0.25, 0.3) is 0 Å². The number of sulfonamides is 1. The molecule has 6 nitrogen and oxygen atoms in total. The van der Waals surface area contributed by atoms with Crippen LogP contribution in [0.3, 0.4) is 0 Å². The van der Waals surface area contributed by atoms with E-state index < -0.39 is 15.6 Å². The molecular weight excluding hydrogens is 328 g/mol. The zero-order chi connectivity index (χ0) is 18.0. The van der Waals surface area contributed by atoms with Crippen LogP contribution < -0.4 is 5.32 Å². The second kappa shape index (κ2) is 7.21. The van der Waals surface area contributed by atoms with E-state index >= 15 is 0 Å². The number of nitrogens with one attached hydrogen (secondary N) is 1. The molecule has 0 radical (unpaired) electrons. The predicted molar refractivity (Wildman–Crippen MR) is 93.3 cm³/mol. The first-order valence-electron chi connectivity index (χ1n) is 8.13. The lowest BCUT2D eigenvalue weighted by molar-refractivity contribution is -0.116. The van der Waals surface area contributed by atoms with Crippen molar-refractivity contribution < 1.29 is 17.9 Å². The van der Waals surface area contributed by atoms with Crippen molar-refractivity contribution in [2.75, 3.05) is 25.1 Å². The van der Waals surface area contributed by atoms with E-state index in [1.807, 2.05) is 27.7 Å². The molecule has 0 saturated carbocycles. The number of anilines is 1. The van der Waals surface area contributed by atoms with Crippen molar-refractivity contribution >= 4 is 21.6 Å². The number of rotatable bonds is 5. The molecule has 0 bridgehead atoms. The first-order valence-corrected chi connectivity index (χ1v) is 9.57. The van der Waals surface area contributed by atoms with Crippen LogP contribution in [-0.2, 0) is 19.6 Å². The predicted octanol–water partition coefficient (Wildman–Crippen LogP) is 2.47. The Morgan fingerprint density at radius 2 is 1.92 bits per heavy atom. The second-order valence-electron chi connectivity index (χ2n) is 7.11. The largest absolute Gasteiger partial charge is 0.378 e. The van der Waals surface area contributed by atoms with Gasteiger partial charge in [0.05, 0.1) is 23.6 Å². The Labute approximate surface area is 144 Å². The van der Waals surface area contributed by atoms with Gasteiger partial charge in [0.2, 0.25) is 15.9 Å². The average molecular weight is 354 g/mol. The SMILES string of the molecule is CC(C)CC(=O)Nc1ccc(S(=O)(=O)N2CCOCC2(C)C)cc1. The molecule has 0 spiro atoms. The lowest BCUT2D eigenvalue weighted by Crippen LogP contribution is -2.55. The van der Waals surface area contributed by atoms with Crippen LogP contribution in [0.2, 0.25) is 0 Å². The highest BCUT2D eigenvalue weighted by atomic mass is 32.2. The maximum Gasteiger partial charge on any atom is 0.243 e. The van der Waals surface area contributed by atoms with E-state index in [1.165, 1.54) is 16.4 Å². The van der Waals surface area contributed by atoms with Gasteiger partial charge in [-0.05, 0) is 44.0 Å². The highest BCUT2D eigenvalue weighted by Gasteiger charge is 2.39. The first kappa shape index (κ1) is 18.9. The quantitative estimate of drug-likeness (QED) is 0.881. The van der Waals surface area contributed by atoms with E-state index in [9.17, 15) is 13.2 Å². The van der Waals surface area contributed by atoms with E-state index in [-0.39, 0.29) is 16.7 Å². The van der Waals surface area contributed by atoms with Crippen LogP contribution in [0, 0.1) is 5.92 Å². The van der Waals surface area contributed by atoms with E-state index in [4.69, 9.17) is 4.74 Å². The van der Waals surface area contributed by atoms with Crippen molar-refractivity contribution in [1.82, 2.24) is 4.31 Å². The summed E-state index contributed by atoms with van der Waals surface area (Å²) in [6, 6.07) is 6.31. The summed E-state index contributed by atoms with van der Waals surface area (Å²) in [6.07, 6.45) is 0.433. The smallest absolute Gasteiger partial charge is 0.243 e. The van der Waals surface area contributed by atoms with E-state index in [0.29, 0.717) is 31.9 Å². The van der Waals surface area contributed by atoms with E-state index in [0.717, 1.165) is 0 Å². The van der Waals surface area contributed by atoms with Gasteiger partial charge in [-0.2, -0.15) is 4.31 Å². The summed E-state index contributed by atoms with van der Waals surface area (Å²) in [7, 11) is -3.59. The van der Waals surface area contributed by atoms with Gasteiger partial charge in [-0.25, -0.2) is 8.42 Å². The van der Waals surface area contributed by atoms with Gasteiger partial charge >= 0.3 is 0 Å². The second-order valence-corrected chi connectivity index (χ2v) is 8.98. The van der Waals surface area contributed by atoms with Gasteiger partial charge in [-0.3, -0.25) is 4.79 Å². The molecule has 134 valence electrons. The first-order chi connectivity index (χ1) is 11.1. The van der Waals surface area contributed by atoms with Gasteiger partial charge in [-0.15, -0.1) is 0 Å². The number of hydrogen-bond acceptors (Lipinski definition) is 4. The number of hydrogen-bond donors (Lipinski definition) is 1. The Kier molecular flexibility index (Phi) is 5.67. The Bertz CT molecular complexity index is 681. The lowest BCUT2D eigenvalue weighted by Gasteiger charge is -2.40. The third-order valence-electron chi connectivity index (χ3n) is 3.89. The molecule has 1 aromatic carbocycles. The molecule has 1 heterocycles. The van der Waals surface area contributed by atoms with Crippen LogP contribution in [0.15, 0.2) is 29.2 Å². The summed E-state index contributed by atoms with van der Waals surface area (Å²) in [5.74, 6) is 0.197. The summed E-state index contributed by atoms with van der Waals surface area (Å²) in [5, 5.41) is 2.78. The monoisotopic (exact) mass is 354 g/mol. The molecule has 2 rings (SSSR count). The zero-order valence-corrected chi connectivity index (χ0v) is 15.5. The van der Waals surface area contributed by atoms with Crippen LogP contribution in [0.1, 0.15) is 34.1 Å². The fourth-order valence-corrected chi connectivity index (χ4v) is 4.46. The molecule has 1 N–H and O–H groups in total. The molecule has 24 heavy (non-hydrogen) atoms. The van der Waals surface area contributed by atoms with E-state index in [1.54, 1.807) is 12.1 Å². The number of ether oxygens (including phenoxy) is 1. The molecule has 0 atom stereocenters.